The standard InChI is InChI=1S/C27H24ClN5/c1-17(2)30-24-16-27-25(15-23(24)31-21-11-7-13-29-18(21)3)32-22-10-4-5-12-26(22)33(27)20-9-6-8-19(28)14-20/h4-17,31H,1-3H3/b30-24+. The van der Waals surface area contributed by atoms with Gasteiger partial charge in [-0.3, -0.25) is 9.98 Å². The molecule has 1 aliphatic heterocycles. The number of fused-ring (bicyclic) bond motifs is 2. The lowest BCUT2D eigenvalue weighted by Crippen LogP contribution is -2.16. The van der Waals surface area contributed by atoms with Gasteiger partial charge in [0, 0.05) is 22.9 Å². The first-order chi connectivity index (χ1) is 16.0. The molecule has 0 bridgehead atoms. The first kappa shape index (κ1) is 21.2. The third-order valence-electron chi connectivity index (χ3n) is 5.44. The lowest BCUT2D eigenvalue weighted by Gasteiger charge is -2.20. The summed E-state index contributed by atoms with van der Waals surface area (Å²) in [5, 5.41) is 5.08. The Morgan fingerprint density at radius 2 is 1.79 bits per heavy atom. The number of pyridine rings is 1. The van der Waals surface area contributed by atoms with Crippen LogP contribution in [0.4, 0.5) is 11.4 Å². The highest BCUT2D eigenvalue weighted by Gasteiger charge is 2.17. The number of nitrogens with one attached hydrogen (secondary N) is 1. The van der Waals surface area contributed by atoms with Gasteiger partial charge in [0.2, 0.25) is 0 Å². The van der Waals surface area contributed by atoms with Crippen molar-refractivity contribution in [1.82, 2.24) is 14.5 Å². The van der Waals surface area contributed by atoms with Crippen molar-refractivity contribution in [2.24, 2.45) is 4.99 Å². The zero-order chi connectivity index (χ0) is 22.9. The van der Waals surface area contributed by atoms with E-state index in [1.807, 2.05) is 55.5 Å². The van der Waals surface area contributed by atoms with Gasteiger partial charge in [0.15, 0.2) is 0 Å². The van der Waals surface area contributed by atoms with Crippen LogP contribution in [0, 0.1) is 6.92 Å². The van der Waals surface area contributed by atoms with Gasteiger partial charge in [-0.25, -0.2) is 4.98 Å². The SMILES string of the molecule is Cc1ncccc1Nc1cc2nc3ccccc3n(-c3cccc(Cl)c3)c-2c/c1=N\C(C)C. The zero-order valence-electron chi connectivity index (χ0n) is 18.7. The fraction of sp³-hybridized carbons (Fsp3) is 0.148. The topological polar surface area (TPSA) is 55.1 Å². The Kier molecular flexibility index (Phi) is 5.56. The molecule has 1 aliphatic carbocycles. The summed E-state index contributed by atoms with van der Waals surface area (Å²) in [6, 6.07) is 24.3. The molecule has 2 aromatic carbocycles. The van der Waals surface area contributed by atoms with Crippen molar-refractivity contribution in [2.75, 3.05) is 5.32 Å². The van der Waals surface area contributed by atoms with Gasteiger partial charge in [0.05, 0.1) is 44.8 Å². The average molecular weight is 454 g/mol. The second-order valence-corrected chi connectivity index (χ2v) is 8.69. The lowest BCUT2D eigenvalue weighted by molar-refractivity contribution is 0.806. The molecule has 33 heavy (non-hydrogen) atoms. The van der Waals surface area contributed by atoms with Crippen molar-refractivity contribution in [3.63, 3.8) is 0 Å². The van der Waals surface area contributed by atoms with E-state index in [0.717, 1.165) is 50.5 Å². The van der Waals surface area contributed by atoms with Crippen molar-refractivity contribution in [3.8, 4) is 17.1 Å². The van der Waals surface area contributed by atoms with Gasteiger partial charge in [-0.15, -0.1) is 0 Å². The van der Waals surface area contributed by atoms with Crippen molar-refractivity contribution in [3.05, 3.63) is 95.1 Å². The quantitative estimate of drug-likeness (QED) is 0.314. The molecule has 2 heterocycles. The van der Waals surface area contributed by atoms with Gasteiger partial charge in [0.1, 0.15) is 0 Å². The fourth-order valence-corrected chi connectivity index (χ4v) is 4.17. The van der Waals surface area contributed by atoms with E-state index < -0.39 is 0 Å². The number of para-hydroxylation sites is 2. The Morgan fingerprint density at radius 1 is 0.939 bits per heavy atom. The van der Waals surface area contributed by atoms with E-state index in [9.17, 15) is 0 Å². The van der Waals surface area contributed by atoms with Crippen molar-refractivity contribution in [1.29, 1.82) is 0 Å². The first-order valence-electron chi connectivity index (χ1n) is 10.9. The van der Waals surface area contributed by atoms with Crippen LogP contribution in [0.1, 0.15) is 19.5 Å². The molecular weight excluding hydrogens is 430 g/mol. The number of benzene rings is 3. The summed E-state index contributed by atoms with van der Waals surface area (Å²) in [4.78, 5) is 14.3. The van der Waals surface area contributed by atoms with Crippen LogP contribution < -0.4 is 10.7 Å². The zero-order valence-corrected chi connectivity index (χ0v) is 19.5. The molecule has 5 rings (SSSR count). The minimum absolute atomic E-state index is 0.131. The first-order valence-corrected chi connectivity index (χ1v) is 11.3. The Bertz CT molecular complexity index is 1500. The van der Waals surface area contributed by atoms with Crippen molar-refractivity contribution in [2.45, 2.75) is 26.8 Å². The van der Waals surface area contributed by atoms with E-state index in [1.54, 1.807) is 6.20 Å². The molecule has 6 heteroatoms. The van der Waals surface area contributed by atoms with Gasteiger partial charge in [-0.05, 0) is 75.4 Å². The summed E-state index contributed by atoms with van der Waals surface area (Å²) >= 11 is 6.36. The van der Waals surface area contributed by atoms with Crippen LogP contribution in [-0.4, -0.2) is 20.6 Å². The highest BCUT2D eigenvalue weighted by molar-refractivity contribution is 6.30. The summed E-state index contributed by atoms with van der Waals surface area (Å²) < 4.78 is 2.20. The maximum absolute atomic E-state index is 6.36. The molecule has 0 atom stereocenters. The Balaban J connectivity index is 1.84. The van der Waals surface area contributed by atoms with E-state index in [-0.39, 0.29) is 6.04 Å². The average Bonchev–Trinajstić information content (AvgIpc) is 2.79. The number of hydrogen-bond acceptors (Lipinski definition) is 4. The Labute approximate surface area is 197 Å². The number of nitrogens with zero attached hydrogens (tertiary/aromatic N) is 4. The van der Waals surface area contributed by atoms with E-state index >= 15 is 0 Å². The van der Waals surface area contributed by atoms with E-state index in [2.05, 4.69) is 53.0 Å². The largest absolute Gasteiger partial charge is 0.352 e. The molecule has 1 aromatic heterocycles. The molecule has 0 spiro atoms. The van der Waals surface area contributed by atoms with Gasteiger partial charge in [0.25, 0.3) is 0 Å². The molecular formula is C27H24ClN5. The molecule has 0 saturated heterocycles. The van der Waals surface area contributed by atoms with E-state index in [0.29, 0.717) is 5.02 Å². The summed E-state index contributed by atoms with van der Waals surface area (Å²) in [7, 11) is 0. The van der Waals surface area contributed by atoms with Crippen LogP contribution in [0.15, 0.2) is 84.0 Å². The minimum Gasteiger partial charge on any atom is -0.352 e. The molecule has 0 saturated carbocycles. The van der Waals surface area contributed by atoms with Crippen LogP contribution in [0.25, 0.3) is 28.1 Å². The fourth-order valence-electron chi connectivity index (χ4n) is 3.98. The number of hydrogen-bond donors (Lipinski definition) is 1. The molecule has 5 nitrogen and oxygen atoms in total. The number of anilines is 2. The molecule has 0 unspecified atom stereocenters. The smallest absolute Gasteiger partial charge is 0.0900 e. The molecule has 0 amide bonds. The molecule has 0 radical (unpaired) electrons. The molecule has 0 fully saturated rings. The number of halogens is 1. The van der Waals surface area contributed by atoms with E-state index in [1.165, 1.54) is 0 Å². The number of aromatic nitrogens is 3. The van der Waals surface area contributed by atoms with Crippen molar-refractivity contribution >= 4 is 34.0 Å². The highest BCUT2D eigenvalue weighted by Crippen LogP contribution is 2.31. The highest BCUT2D eigenvalue weighted by atomic mass is 35.5. The van der Waals surface area contributed by atoms with Gasteiger partial charge in [-0.1, -0.05) is 29.8 Å². The molecule has 3 aromatic rings. The maximum Gasteiger partial charge on any atom is 0.0900 e. The predicted octanol–water partition coefficient (Wildman–Crippen LogP) is 6.54. The number of aryl methyl sites for hydroxylation is 1. The molecule has 1 N–H and O–H groups in total. The van der Waals surface area contributed by atoms with Crippen LogP contribution >= 0.6 is 11.6 Å². The van der Waals surface area contributed by atoms with Crippen LogP contribution in [0.2, 0.25) is 5.02 Å². The van der Waals surface area contributed by atoms with Gasteiger partial charge >= 0.3 is 0 Å². The second-order valence-electron chi connectivity index (χ2n) is 8.26. The third-order valence-corrected chi connectivity index (χ3v) is 5.67. The number of rotatable bonds is 4. The van der Waals surface area contributed by atoms with E-state index in [4.69, 9.17) is 21.6 Å². The van der Waals surface area contributed by atoms with Crippen LogP contribution in [-0.2, 0) is 0 Å². The van der Waals surface area contributed by atoms with Gasteiger partial charge < -0.3 is 9.88 Å². The predicted molar refractivity (Wildman–Crippen MR) is 136 cm³/mol. The maximum atomic E-state index is 6.36. The summed E-state index contributed by atoms with van der Waals surface area (Å²) in [5.74, 6) is 0. The Morgan fingerprint density at radius 3 is 2.58 bits per heavy atom. The van der Waals surface area contributed by atoms with Crippen molar-refractivity contribution < 1.29 is 0 Å². The summed E-state index contributed by atoms with van der Waals surface area (Å²) in [6.45, 7) is 6.14. The Hall–Kier alpha value is -3.70. The summed E-state index contributed by atoms with van der Waals surface area (Å²) in [5.41, 5.74) is 7.48. The third kappa shape index (κ3) is 4.20. The molecule has 164 valence electrons. The van der Waals surface area contributed by atoms with Crippen LogP contribution in [0.3, 0.4) is 0 Å². The summed E-state index contributed by atoms with van der Waals surface area (Å²) in [6.07, 6.45) is 1.79. The lowest BCUT2D eigenvalue weighted by atomic mass is 10.1. The normalized spacial score (nSPS) is 12.1. The minimum atomic E-state index is 0.131. The second kappa shape index (κ2) is 8.68. The van der Waals surface area contributed by atoms with Crippen LogP contribution in [0.5, 0.6) is 0 Å². The molecule has 2 aliphatic rings. The van der Waals surface area contributed by atoms with Gasteiger partial charge in [-0.2, -0.15) is 0 Å². The monoisotopic (exact) mass is 453 g/mol.